The van der Waals surface area contributed by atoms with Gasteiger partial charge in [0.05, 0.1) is 18.0 Å². The van der Waals surface area contributed by atoms with E-state index in [4.69, 9.17) is 0 Å². The lowest BCUT2D eigenvalue weighted by Gasteiger charge is -2.11. The zero-order valence-electron chi connectivity index (χ0n) is 12.8. The van der Waals surface area contributed by atoms with Crippen LogP contribution in [-0.4, -0.2) is 26.0 Å². The van der Waals surface area contributed by atoms with Crippen molar-refractivity contribution in [1.82, 2.24) is 15.0 Å². The first-order chi connectivity index (χ1) is 11.5. The molecule has 1 atom stereocenters. The second-order valence-corrected chi connectivity index (χ2v) is 5.21. The van der Waals surface area contributed by atoms with E-state index in [1.807, 2.05) is 0 Å². The van der Waals surface area contributed by atoms with Crippen LogP contribution in [0.3, 0.4) is 0 Å². The van der Waals surface area contributed by atoms with Crippen LogP contribution in [0, 0.1) is 5.82 Å². The van der Waals surface area contributed by atoms with Crippen LogP contribution in [0.15, 0.2) is 54.7 Å². The summed E-state index contributed by atoms with van der Waals surface area (Å²) in [6, 6.07) is 12.6. The highest BCUT2D eigenvalue weighted by molar-refractivity contribution is 6.03. The van der Waals surface area contributed by atoms with E-state index in [1.54, 1.807) is 31.2 Å². The van der Waals surface area contributed by atoms with Gasteiger partial charge in [0, 0.05) is 11.3 Å². The number of para-hydroxylation sites is 1. The molecule has 0 saturated heterocycles. The van der Waals surface area contributed by atoms with Crippen molar-refractivity contribution in [2.45, 2.75) is 13.0 Å². The summed E-state index contributed by atoms with van der Waals surface area (Å²) in [5.74, 6) is -0.810. The number of aliphatic hydroxyl groups is 1. The summed E-state index contributed by atoms with van der Waals surface area (Å²) in [6.45, 7) is 1.62. The molecule has 24 heavy (non-hydrogen) atoms. The standard InChI is InChI=1S/C17H15FN4O2/c1-11(23)14-4-2-3-5-15(14)20-17(24)16-10-19-22(21-16)13-8-6-12(18)7-9-13/h2-11,23H,1H3,(H,20,24)/t11-/m1/s1. The molecule has 0 fully saturated rings. The summed E-state index contributed by atoms with van der Waals surface area (Å²) in [7, 11) is 0. The molecule has 0 aliphatic rings. The maximum Gasteiger partial charge on any atom is 0.277 e. The molecule has 1 amide bonds. The van der Waals surface area contributed by atoms with Crippen LogP contribution in [0.2, 0.25) is 0 Å². The van der Waals surface area contributed by atoms with Crippen LogP contribution in [0.4, 0.5) is 10.1 Å². The quantitative estimate of drug-likeness (QED) is 0.772. The SMILES string of the molecule is C[C@@H](O)c1ccccc1NC(=O)c1cnn(-c2ccc(F)cc2)n1. The van der Waals surface area contributed by atoms with E-state index in [2.05, 4.69) is 15.5 Å². The highest BCUT2D eigenvalue weighted by Gasteiger charge is 2.15. The number of aromatic nitrogens is 3. The number of hydrogen-bond acceptors (Lipinski definition) is 4. The Balaban J connectivity index is 1.81. The highest BCUT2D eigenvalue weighted by atomic mass is 19.1. The van der Waals surface area contributed by atoms with Crippen LogP contribution in [0.5, 0.6) is 0 Å². The summed E-state index contributed by atoms with van der Waals surface area (Å²) >= 11 is 0. The monoisotopic (exact) mass is 326 g/mol. The molecule has 0 radical (unpaired) electrons. The van der Waals surface area contributed by atoms with E-state index in [9.17, 15) is 14.3 Å². The number of amides is 1. The fourth-order valence-corrected chi connectivity index (χ4v) is 2.23. The molecule has 3 rings (SSSR count). The van der Waals surface area contributed by atoms with Gasteiger partial charge in [-0.25, -0.2) is 4.39 Å². The van der Waals surface area contributed by atoms with Gasteiger partial charge in [0.1, 0.15) is 5.82 Å². The molecule has 0 saturated carbocycles. The second-order valence-electron chi connectivity index (χ2n) is 5.21. The first-order valence-corrected chi connectivity index (χ1v) is 7.31. The summed E-state index contributed by atoms with van der Waals surface area (Å²) in [5.41, 5.74) is 1.77. The van der Waals surface area contributed by atoms with E-state index in [1.165, 1.54) is 35.3 Å². The van der Waals surface area contributed by atoms with E-state index >= 15 is 0 Å². The average Bonchev–Trinajstić information content (AvgIpc) is 3.06. The number of rotatable bonds is 4. The van der Waals surface area contributed by atoms with Crippen LogP contribution in [0.25, 0.3) is 5.69 Å². The van der Waals surface area contributed by atoms with Crippen LogP contribution < -0.4 is 5.32 Å². The van der Waals surface area contributed by atoms with Gasteiger partial charge in [-0.1, -0.05) is 18.2 Å². The number of carbonyl (C=O) groups excluding carboxylic acids is 1. The molecule has 0 aliphatic heterocycles. The third-order valence-electron chi connectivity index (χ3n) is 3.44. The van der Waals surface area contributed by atoms with Crippen LogP contribution >= 0.6 is 0 Å². The number of carbonyl (C=O) groups is 1. The predicted octanol–water partition coefficient (Wildman–Crippen LogP) is 2.71. The van der Waals surface area contributed by atoms with E-state index < -0.39 is 12.0 Å². The maximum absolute atomic E-state index is 12.9. The minimum absolute atomic E-state index is 0.111. The van der Waals surface area contributed by atoms with Gasteiger partial charge >= 0.3 is 0 Å². The molecule has 2 N–H and O–H groups in total. The molecule has 1 aromatic heterocycles. The van der Waals surface area contributed by atoms with Gasteiger partial charge in [0.15, 0.2) is 5.69 Å². The topological polar surface area (TPSA) is 80.0 Å². The lowest BCUT2D eigenvalue weighted by atomic mass is 10.1. The number of halogens is 1. The van der Waals surface area contributed by atoms with Gasteiger partial charge < -0.3 is 10.4 Å². The number of aliphatic hydroxyl groups excluding tert-OH is 1. The zero-order chi connectivity index (χ0) is 17.1. The van der Waals surface area contributed by atoms with Gasteiger partial charge in [-0.05, 0) is 37.3 Å². The van der Waals surface area contributed by atoms with Crippen molar-refractivity contribution in [1.29, 1.82) is 0 Å². The Kier molecular flexibility index (Phi) is 4.35. The number of nitrogens with zero attached hydrogens (tertiary/aromatic N) is 3. The lowest BCUT2D eigenvalue weighted by molar-refractivity contribution is 0.102. The molecular formula is C17H15FN4O2. The number of benzene rings is 2. The fraction of sp³-hybridized carbons (Fsp3) is 0.118. The Bertz CT molecular complexity index is 859. The molecule has 0 bridgehead atoms. The van der Waals surface area contributed by atoms with Crippen molar-refractivity contribution in [2.24, 2.45) is 0 Å². The third kappa shape index (κ3) is 3.31. The molecule has 1 heterocycles. The van der Waals surface area contributed by atoms with Gasteiger partial charge in [0.25, 0.3) is 5.91 Å². The molecule has 0 aliphatic carbocycles. The summed E-state index contributed by atoms with van der Waals surface area (Å²) in [6.07, 6.45) is 0.611. The van der Waals surface area contributed by atoms with Crippen molar-refractivity contribution in [3.63, 3.8) is 0 Å². The highest BCUT2D eigenvalue weighted by Crippen LogP contribution is 2.22. The van der Waals surface area contributed by atoms with Crippen LogP contribution in [-0.2, 0) is 0 Å². The van der Waals surface area contributed by atoms with Gasteiger partial charge in [-0.3, -0.25) is 4.79 Å². The number of anilines is 1. The smallest absolute Gasteiger partial charge is 0.277 e. The molecule has 2 aromatic carbocycles. The Morgan fingerprint density at radius 1 is 1.21 bits per heavy atom. The largest absolute Gasteiger partial charge is 0.389 e. The first-order valence-electron chi connectivity index (χ1n) is 7.31. The summed E-state index contributed by atoms with van der Waals surface area (Å²) in [4.78, 5) is 13.6. The maximum atomic E-state index is 12.9. The summed E-state index contributed by atoms with van der Waals surface area (Å²) in [5, 5.41) is 20.6. The zero-order valence-corrected chi connectivity index (χ0v) is 12.8. The van der Waals surface area contributed by atoms with Crippen molar-refractivity contribution in [2.75, 3.05) is 5.32 Å². The molecule has 122 valence electrons. The normalized spacial score (nSPS) is 12.0. The van der Waals surface area contributed by atoms with E-state index in [0.29, 0.717) is 16.9 Å². The molecule has 0 unspecified atom stereocenters. The first kappa shape index (κ1) is 15.8. The Morgan fingerprint density at radius 3 is 2.62 bits per heavy atom. The minimum Gasteiger partial charge on any atom is -0.389 e. The van der Waals surface area contributed by atoms with E-state index in [-0.39, 0.29) is 11.5 Å². The molecule has 3 aromatic rings. The average molecular weight is 326 g/mol. The third-order valence-corrected chi connectivity index (χ3v) is 3.44. The van der Waals surface area contributed by atoms with Crippen molar-refractivity contribution < 1.29 is 14.3 Å². The number of hydrogen-bond donors (Lipinski definition) is 2. The number of nitrogens with one attached hydrogen (secondary N) is 1. The lowest BCUT2D eigenvalue weighted by Crippen LogP contribution is -2.15. The van der Waals surface area contributed by atoms with Gasteiger partial charge in [0.2, 0.25) is 0 Å². The molecule has 7 heteroatoms. The van der Waals surface area contributed by atoms with Crippen molar-refractivity contribution in [3.05, 3.63) is 71.8 Å². The van der Waals surface area contributed by atoms with E-state index in [0.717, 1.165) is 0 Å². The van der Waals surface area contributed by atoms with Crippen LogP contribution in [0.1, 0.15) is 29.1 Å². The van der Waals surface area contributed by atoms with Crippen molar-refractivity contribution >= 4 is 11.6 Å². The fourth-order valence-electron chi connectivity index (χ4n) is 2.23. The molecule has 6 nitrogen and oxygen atoms in total. The van der Waals surface area contributed by atoms with Gasteiger partial charge in [-0.2, -0.15) is 9.90 Å². The molecule has 0 spiro atoms. The summed E-state index contributed by atoms with van der Waals surface area (Å²) < 4.78 is 12.9. The predicted molar refractivity (Wildman–Crippen MR) is 86.3 cm³/mol. The second kappa shape index (κ2) is 6.59. The Morgan fingerprint density at radius 2 is 1.92 bits per heavy atom. The van der Waals surface area contributed by atoms with Crippen molar-refractivity contribution in [3.8, 4) is 5.69 Å². The Labute approximate surface area is 137 Å². The molecular weight excluding hydrogens is 311 g/mol. The van der Waals surface area contributed by atoms with Gasteiger partial charge in [-0.15, -0.1) is 5.10 Å². The Hall–Kier alpha value is -3.06. The minimum atomic E-state index is -0.712.